The Bertz CT molecular complexity index is 575. The van der Waals surface area contributed by atoms with Gasteiger partial charge in [-0.3, -0.25) is 0 Å². The van der Waals surface area contributed by atoms with Crippen molar-refractivity contribution < 1.29 is 12.8 Å². The molecule has 21 heavy (non-hydrogen) atoms. The molecule has 1 saturated heterocycles. The fourth-order valence-corrected chi connectivity index (χ4v) is 4.35. The van der Waals surface area contributed by atoms with Gasteiger partial charge >= 0.3 is 0 Å². The van der Waals surface area contributed by atoms with Crippen LogP contribution in [0, 0.1) is 5.82 Å². The summed E-state index contributed by atoms with van der Waals surface area (Å²) in [6, 6.07) is 5.50. The molecule has 1 atom stereocenters. The van der Waals surface area contributed by atoms with E-state index in [1.807, 2.05) is 13.8 Å². The Morgan fingerprint density at radius 3 is 2.81 bits per heavy atom. The molecule has 0 aromatic heterocycles. The largest absolute Gasteiger partial charge is 0.313 e. The number of nitrogens with zero attached hydrogens (tertiary/aromatic N) is 1. The summed E-state index contributed by atoms with van der Waals surface area (Å²) in [6.07, 6.45) is 2.72. The fourth-order valence-electron chi connectivity index (χ4n) is 2.63. The van der Waals surface area contributed by atoms with E-state index in [4.69, 9.17) is 0 Å². The topological polar surface area (TPSA) is 49.4 Å². The second-order valence-corrected chi connectivity index (χ2v) is 7.68. The summed E-state index contributed by atoms with van der Waals surface area (Å²) in [5.74, 6) is -0.523. The van der Waals surface area contributed by atoms with Gasteiger partial charge in [0.1, 0.15) is 5.82 Å². The van der Waals surface area contributed by atoms with Gasteiger partial charge in [-0.15, -0.1) is 0 Å². The molecule has 1 aliphatic heterocycles. The quantitative estimate of drug-likeness (QED) is 0.908. The van der Waals surface area contributed by atoms with Gasteiger partial charge in [0.2, 0.25) is 10.0 Å². The summed E-state index contributed by atoms with van der Waals surface area (Å²) in [4.78, 5) is 0.0407. The number of piperidine rings is 1. The molecule has 118 valence electrons. The van der Waals surface area contributed by atoms with Gasteiger partial charge in [-0.2, -0.15) is 4.31 Å². The first-order valence-corrected chi connectivity index (χ1v) is 8.86. The highest BCUT2D eigenvalue weighted by atomic mass is 32.2. The predicted octanol–water partition coefficient (Wildman–Crippen LogP) is 2.37. The highest BCUT2D eigenvalue weighted by Crippen LogP contribution is 2.25. The normalized spacial score (nSPS) is 20.9. The molecule has 1 aliphatic rings. The molecule has 1 heterocycles. The molecule has 0 saturated carbocycles. The van der Waals surface area contributed by atoms with E-state index < -0.39 is 15.8 Å². The molecule has 1 unspecified atom stereocenters. The molecule has 1 fully saturated rings. The maximum absolute atomic E-state index is 13.3. The number of halogens is 1. The summed E-state index contributed by atoms with van der Waals surface area (Å²) in [5, 5.41) is 3.30. The van der Waals surface area contributed by atoms with Gasteiger partial charge in [-0.25, -0.2) is 12.8 Å². The molecule has 4 nitrogen and oxygen atoms in total. The fraction of sp³-hybridized carbons (Fsp3) is 0.600. The summed E-state index contributed by atoms with van der Waals surface area (Å²) < 4.78 is 40.3. The molecule has 1 N–H and O–H groups in total. The van der Waals surface area contributed by atoms with Gasteiger partial charge in [-0.05, 0) is 31.0 Å². The van der Waals surface area contributed by atoms with Crippen LogP contribution in [0.25, 0.3) is 0 Å². The third-order valence-electron chi connectivity index (χ3n) is 3.74. The zero-order valence-electron chi connectivity index (χ0n) is 12.5. The van der Waals surface area contributed by atoms with Crippen molar-refractivity contribution in [3.8, 4) is 0 Å². The van der Waals surface area contributed by atoms with E-state index in [-0.39, 0.29) is 10.9 Å². The lowest BCUT2D eigenvalue weighted by Crippen LogP contribution is -2.49. The Morgan fingerprint density at radius 1 is 1.38 bits per heavy atom. The van der Waals surface area contributed by atoms with E-state index in [0.29, 0.717) is 19.1 Å². The van der Waals surface area contributed by atoms with Crippen LogP contribution in [0.1, 0.15) is 33.1 Å². The standard InChI is InChI=1S/C15H23FN2O2S/c1-12(2)17-11-14-7-3-4-9-18(14)21(19,20)15-8-5-6-13(16)10-15/h5-6,8,10,12,14,17H,3-4,7,9,11H2,1-2H3. The number of hydrogen-bond donors (Lipinski definition) is 1. The van der Waals surface area contributed by atoms with Gasteiger partial charge < -0.3 is 5.32 Å². The molecular formula is C15H23FN2O2S. The first-order valence-electron chi connectivity index (χ1n) is 7.42. The summed E-state index contributed by atoms with van der Waals surface area (Å²) in [6.45, 7) is 5.21. The molecular weight excluding hydrogens is 291 g/mol. The van der Waals surface area contributed by atoms with Crippen molar-refractivity contribution in [3.63, 3.8) is 0 Å². The Hall–Kier alpha value is -0.980. The average Bonchev–Trinajstić information content (AvgIpc) is 2.45. The summed E-state index contributed by atoms with van der Waals surface area (Å²) in [7, 11) is -3.63. The van der Waals surface area contributed by atoms with Crippen molar-refractivity contribution in [2.75, 3.05) is 13.1 Å². The molecule has 0 amide bonds. The number of benzene rings is 1. The zero-order valence-corrected chi connectivity index (χ0v) is 13.4. The lowest BCUT2D eigenvalue weighted by molar-refractivity contribution is 0.242. The summed E-state index contributed by atoms with van der Waals surface area (Å²) in [5.41, 5.74) is 0. The smallest absolute Gasteiger partial charge is 0.243 e. The molecule has 0 spiro atoms. The van der Waals surface area contributed by atoms with Crippen molar-refractivity contribution in [2.24, 2.45) is 0 Å². The minimum Gasteiger partial charge on any atom is -0.313 e. The van der Waals surface area contributed by atoms with E-state index in [0.717, 1.165) is 25.3 Å². The molecule has 0 aliphatic carbocycles. The lowest BCUT2D eigenvalue weighted by atomic mass is 10.0. The van der Waals surface area contributed by atoms with Crippen molar-refractivity contribution in [3.05, 3.63) is 30.1 Å². The molecule has 1 aromatic rings. The number of rotatable bonds is 5. The van der Waals surface area contributed by atoms with Crippen LogP contribution < -0.4 is 5.32 Å². The van der Waals surface area contributed by atoms with Crippen LogP contribution in [0.4, 0.5) is 4.39 Å². The Labute approximate surface area is 126 Å². The van der Waals surface area contributed by atoms with Crippen LogP contribution in [0.2, 0.25) is 0 Å². The van der Waals surface area contributed by atoms with Gasteiger partial charge in [-0.1, -0.05) is 26.3 Å². The minimum absolute atomic E-state index is 0.0407. The number of nitrogens with one attached hydrogen (secondary N) is 1. The van der Waals surface area contributed by atoms with Crippen LogP contribution in [0.5, 0.6) is 0 Å². The molecule has 0 bridgehead atoms. The van der Waals surface area contributed by atoms with Crippen molar-refractivity contribution in [2.45, 2.75) is 50.1 Å². The minimum atomic E-state index is -3.63. The Morgan fingerprint density at radius 2 is 2.14 bits per heavy atom. The zero-order chi connectivity index (χ0) is 15.5. The number of hydrogen-bond acceptors (Lipinski definition) is 3. The van der Waals surface area contributed by atoms with Gasteiger partial charge in [0, 0.05) is 25.2 Å². The second-order valence-electron chi connectivity index (χ2n) is 5.79. The average molecular weight is 314 g/mol. The lowest BCUT2D eigenvalue weighted by Gasteiger charge is -2.35. The van der Waals surface area contributed by atoms with Crippen molar-refractivity contribution in [1.82, 2.24) is 9.62 Å². The van der Waals surface area contributed by atoms with Crippen LogP contribution >= 0.6 is 0 Å². The molecule has 1 aromatic carbocycles. The molecule has 6 heteroatoms. The van der Waals surface area contributed by atoms with Crippen molar-refractivity contribution >= 4 is 10.0 Å². The van der Waals surface area contributed by atoms with Crippen LogP contribution in [0.3, 0.4) is 0 Å². The highest BCUT2D eigenvalue weighted by Gasteiger charge is 2.33. The first-order chi connectivity index (χ1) is 9.91. The maximum Gasteiger partial charge on any atom is 0.243 e. The first kappa shape index (κ1) is 16.4. The van der Waals surface area contributed by atoms with E-state index in [1.54, 1.807) is 0 Å². The van der Waals surface area contributed by atoms with Crippen LogP contribution in [-0.2, 0) is 10.0 Å². The molecule has 2 rings (SSSR count). The van der Waals surface area contributed by atoms with E-state index in [2.05, 4.69) is 5.32 Å². The van der Waals surface area contributed by atoms with Crippen LogP contribution in [0.15, 0.2) is 29.2 Å². The van der Waals surface area contributed by atoms with Crippen LogP contribution in [-0.4, -0.2) is 37.9 Å². The van der Waals surface area contributed by atoms with Gasteiger partial charge in [0.15, 0.2) is 0 Å². The predicted molar refractivity (Wildman–Crippen MR) is 81.1 cm³/mol. The number of sulfonamides is 1. The van der Waals surface area contributed by atoms with Gasteiger partial charge in [0.05, 0.1) is 4.90 Å². The highest BCUT2D eigenvalue weighted by molar-refractivity contribution is 7.89. The van der Waals surface area contributed by atoms with Crippen molar-refractivity contribution in [1.29, 1.82) is 0 Å². The second kappa shape index (κ2) is 6.85. The van der Waals surface area contributed by atoms with E-state index in [1.165, 1.54) is 22.5 Å². The SMILES string of the molecule is CC(C)NCC1CCCCN1S(=O)(=O)c1cccc(F)c1. The van der Waals surface area contributed by atoms with Gasteiger partial charge in [0.25, 0.3) is 0 Å². The Kier molecular flexibility index (Phi) is 5.35. The third-order valence-corrected chi connectivity index (χ3v) is 5.69. The Balaban J connectivity index is 2.23. The van der Waals surface area contributed by atoms with E-state index in [9.17, 15) is 12.8 Å². The van der Waals surface area contributed by atoms with E-state index >= 15 is 0 Å². The third kappa shape index (κ3) is 4.02. The maximum atomic E-state index is 13.3. The summed E-state index contributed by atoms with van der Waals surface area (Å²) >= 11 is 0. The monoisotopic (exact) mass is 314 g/mol. The molecule has 0 radical (unpaired) electrons.